The molecule has 25 nitrogen and oxygen atoms in total. The SMILES string of the molecule is CN(C)CCOc1ccc(N)cc1.COc1cc(C)c(S(=O)(=O)N(C)CCC(=O)Nc2ccc(OCCN(C)C)cc2)c(C)c1.COc1cc(C)c(S(=O)(=O)N(C)CCC(=O)Nc2ccc(OCCN(C)C)cc2)c(C)c1.COc1cc(C)c(S(=O)(=O)N(C)CCC(=O)O)c(C)c1.Cl.Cl. The Balaban J connectivity index is 0.000000688. The van der Waals surface area contributed by atoms with Crippen LogP contribution in [0.1, 0.15) is 52.6 Å². The number of aliphatic carboxylic acids is 1. The highest BCUT2D eigenvalue weighted by molar-refractivity contribution is 7.89. The first-order valence-corrected chi connectivity index (χ1v) is 35.3. The smallest absolute Gasteiger partial charge is 0.304 e. The second-order valence-corrected chi connectivity index (χ2v) is 29.5. The van der Waals surface area contributed by atoms with Gasteiger partial charge in [-0.25, -0.2) is 38.2 Å². The van der Waals surface area contributed by atoms with Crippen molar-refractivity contribution in [1.82, 2.24) is 27.6 Å². The average Bonchev–Trinajstić information content (AvgIpc) is 0.800. The van der Waals surface area contributed by atoms with Gasteiger partial charge < -0.3 is 64.6 Å². The molecule has 6 aromatic rings. The number of hydrogen-bond acceptors (Lipinski definition) is 19. The van der Waals surface area contributed by atoms with Gasteiger partial charge in [-0.2, -0.15) is 0 Å². The average molecular weight is 1480 g/mol. The van der Waals surface area contributed by atoms with Gasteiger partial charge in [-0.05, 0) is 226 Å². The van der Waals surface area contributed by atoms with Crippen LogP contribution in [0.2, 0.25) is 0 Å². The zero-order chi connectivity index (χ0) is 73.0. The normalized spacial score (nSPS) is 11.2. The number of amides is 2. The number of halogens is 2. The standard InChI is InChI=1S/2C23H33N3O5S.C13H19NO5S.C10H16N2O.2ClH/c2*1-17-15-21(30-6)16-18(2)23(17)32(28,29)26(5)12-11-22(27)24-19-7-9-20(10-8-19)31-14-13-25(3)4;1-9-7-11(19-4)8-10(2)13(9)20(17,18)14(3)6-5-12(15)16;1-12(2)7-8-13-10-5-3-9(11)4-6-10;;/h2*7-10,15-16H,11-14H2,1-6H3,(H,24,27);7-8H,5-6H2,1-4H3,(H,15,16);3-6H,7-8,11H2,1-2H3;2*1H. The third-order valence-electron chi connectivity index (χ3n) is 14.5. The van der Waals surface area contributed by atoms with Crippen molar-refractivity contribution >= 4 is 89.7 Å². The maximum absolute atomic E-state index is 13.0. The number of rotatable bonds is 32. The van der Waals surface area contributed by atoms with Crippen molar-refractivity contribution in [2.75, 3.05) is 160 Å². The van der Waals surface area contributed by atoms with Gasteiger partial charge in [-0.15, -0.1) is 24.8 Å². The van der Waals surface area contributed by atoms with Crippen LogP contribution in [0.4, 0.5) is 17.1 Å². The number of nitrogens with zero attached hydrogens (tertiary/aromatic N) is 6. The second kappa shape index (κ2) is 43.2. The Morgan fingerprint density at radius 3 is 0.838 bits per heavy atom. The lowest BCUT2D eigenvalue weighted by molar-refractivity contribution is -0.137. The first kappa shape index (κ1) is 89.5. The molecule has 0 bridgehead atoms. The Hall–Kier alpha value is -7.48. The minimum atomic E-state index is -3.74. The number of nitrogens with one attached hydrogen (secondary N) is 2. The Morgan fingerprint density at radius 1 is 0.384 bits per heavy atom. The van der Waals surface area contributed by atoms with Crippen molar-refractivity contribution in [2.45, 2.75) is 75.5 Å². The lowest BCUT2D eigenvalue weighted by atomic mass is 10.1. The lowest BCUT2D eigenvalue weighted by Gasteiger charge is -2.20. The maximum atomic E-state index is 13.0. The number of anilines is 3. The van der Waals surface area contributed by atoms with Gasteiger partial charge in [0, 0.05) is 90.3 Å². The van der Waals surface area contributed by atoms with Crippen LogP contribution in [0.5, 0.6) is 34.5 Å². The van der Waals surface area contributed by atoms with E-state index in [9.17, 15) is 39.6 Å². The highest BCUT2D eigenvalue weighted by atomic mass is 35.5. The van der Waals surface area contributed by atoms with Crippen LogP contribution in [0, 0.1) is 41.5 Å². The Bertz CT molecular complexity index is 3620. The van der Waals surface area contributed by atoms with E-state index in [1.807, 2.05) is 76.4 Å². The molecule has 6 rings (SSSR count). The minimum absolute atomic E-state index is 0. The topological polar surface area (TPSA) is 299 Å². The molecule has 0 heterocycles. The first-order chi connectivity index (χ1) is 45.5. The van der Waals surface area contributed by atoms with Crippen molar-refractivity contribution in [1.29, 1.82) is 0 Å². The molecule has 99 heavy (non-hydrogen) atoms. The quantitative estimate of drug-likeness (QED) is 0.0286. The summed E-state index contributed by atoms with van der Waals surface area (Å²) in [6.07, 6.45) is -0.167. The summed E-state index contributed by atoms with van der Waals surface area (Å²) in [5.41, 5.74) is 11.1. The number of carboxylic acids is 1. The molecule has 0 unspecified atom stereocenters. The molecule has 2 amide bonds. The van der Waals surface area contributed by atoms with E-state index >= 15 is 0 Å². The maximum Gasteiger partial charge on any atom is 0.304 e. The Morgan fingerprint density at radius 2 is 0.616 bits per heavy atom. The third-order valence-corrected chi connectivity index (χ3v) is 21.0. The van der Waals surface area contributed by atoms with Gasteiger partial charge in [0.15, 0.2) is 0 Å². The van der Waals surface area contributed by atoms with E-state index < -0.39 is 36.0 Å². The van der Waals surface area contributed by atoms with Crippen LogP contribution in [0.25, 0.3) is 0 Å². The molecular formula is C69H103Cl2N9O16S3. The predicted octanol–water partition coefficient (Wildman–Crippen LogP) is 9.26. The van der Waals surface area contributed by atoms with Crippen molar-refractivity contribution in [2.24, 2.45) is 0 Å². The van der Waals surface area contributed by atoms with E-state index in [4.69, 9.17) is 39.3 Å². The number of carbonyl (C=O) groups is 3. The Kier molecular flexibility index (Phi) is 39.1. The molecule has 552 valence electrons. The molecule has 0 atom stereocenters. The molecule has 0 spiro atoms. The van der Waals surface area contributed by atoms with Crippen molar-refractivity contribution < 1.29 is 73.2 Å². The summed E-state index contributed by atoms with van der Waals surface area (Å²) in [6.45, 7) is 14.8. The van der Waals surface area contributed by atoms with Crippen LogP contribution >= 0.6 is 24.8 Å². The number of sulfonamides is 3. The minimum Gasteiger partial charge on any atom is -0.497 e. The summed E-state index contributed by atoms with van der Waals surface area (Å²) in [4.78, 5) is 42.1. The van der Waals surface area contributed by atoms with Crippen LogP contribution in [-0.4, -0.2) is 220 Å². The fourth-order valence-corrected chi connectivity index (χ4v) is 13.9. The van der Waals surface area contributed by atoms with Crippen molar-refractivity contribution in [3.63, 3.8) is 0 Å². The monoisotopic (exact) mass is 1480 g/mol. The van der Waals surface area contributed by atoms with Crippen LogP contribution in [0.15, 0.2) is 124 Å². The molecule has 0 aliphatic heterocycles. The zero-order valence-electron chi connectivity index (χ0n) is 60.3. The molecule has 0 saturated carbocycles. The molecule has 5 N–H and O–H groups in total. The van der Waals surface area contributed by atoms with E-state index in [1.165, 1.54) is 36.9 Å². The highest BCUT2D eigenvalue weighted by Gasteiger charge is 2.29. The van der Waals surface area contributed by atoms with Gasteiger partial charge in [0.05, 0.1) is 42.4 Å². The fraction of sp³-hybridized carbons (Fsp3) is 0.435. The molecule has 30 heteroatoms. The van der Waals surface area contributed by atoms with Gasteiger partial charge >= 0.3 is 5.97 Å². The van der Waals surface area contributed by atoms with E-state index in [0.717, 1.165) is 46.9 Å². The highest BCUT2D eigenvalue weighted by Crippen LogP contribution is 2.31. The zero-order valence-corrected chi connectivity index (χ0v) is 64.3. The van der Waals surface area contributed by atoms with E-state index in [-0.39, 0.29) is 90.2 Å². The summed E-state index contributed by atoms with van der Waals surface area (Å²) < 4.78 is 113. The van der Waals surface area contributed by atoms with Gasteiger partial charge in [0.25, 0.3) is 0 Å². The summed E-state index contributed by atoms with van der Waals surface area (Å²) >= 11 is 0. The van der Waals surface area contributed by atoms with E-state index in [2.05, 4.69) is 15.5 Å². The van der Waals surface area contributed by atoms with Gasteiger partial charge in [-0.3, -0.25) is 14.4 Å². The summed E-state index contributed by atoms with van der Waals surface area (Å²) in [6, 6.07) is 31.7. The number of aryl methyl sites for hydroxylation is 6. The number of likely N-dealkylation sites (N-methyl/N-ethyl adjacent to an activating group) is 3. The molecular weight excluding hydrogens is 1380 g/mol. The third kappa shape index (κ3) is 30.1. The summed E-state index contributed by atoms with van der Waals surface area (Å²) in [5.74, 6) is 2.55. The molecule has 0 saturated heterocycles. The molecule has 0 fully saturated rings. The number of carboxylic acid groups (broad SMARTS) is 1. The molecule has 6 aromatic carbocycles. The van der Waals surface area contributed by atoms with Gasteiger partial charge in [0.1, 0.15) is 54.3 Å². The van der Waals surface area contributed by atoms with E-state index in [0.29, 0.717) is 81.8 Å². The number of methoxy groups -OCH3 is 3. The molecule has 0 aromatic heterocycles. The first-order valence-electron chi connectivity index (χ1n) is 31.0. The van der Waals surface area contributed by atoms with Crippen LogP contribution in [0.3, 0.4) is 0 Å². The largest absolute Gasteiger partial charge is 0.497 e. The number of benzene rings is 6. The molecule has 0 radical (unpaired) electrons. The summed E-state index contributed by atoms with van der Waals surface area (Å²) in [7, 11) is 9.69. The van der Waals surface area contributed by atoms with Crippen LogP contribution < -0.4 is 44.8 Å². The van der Waals surface area contributed by atoms with Gasteiger partial charge in [-0.1, -0.05) is 0 Å². The number of nitrogens with two attached hydrogens (primary N) is 1. The summed E-state index contributed by atoms with van der Waals surface area (Å²) in [5, 5.41) is 14.2. The Labute approximate surface area is 599 Å². The van der Waals surface area contributed by atoms with Crippen molar-refractivity contribution in [3.05, 3.63) is 143 Å². The van der Waals surface area contributed by atoms with E-state index in [1.54, 1.807) is 141 Å². The second-order valence-electron chi connectivity index (χ2n) is 23.6. The van der Waals surface area contributed by atoms with Gasteiger partial charge in [0.2, 0.25) is 41.9 Å². The number of ether oxygens (including phenoxy) is 6. The number of carbonyl (C=O) groups excluding carboxylic acids is 2. The predicted molar refractivity (Wildman–Crippen MR) is 396 cm³/mol. The lowest BCUT2D eigenvalue weighted by Crippen LogP contribution is -2.31. The molecule has 0 aliphatic rings. The number of nitrogen functional groups attached to an aromatic ring is 1. The molecule has 0 aliphatic carbocycles. The van der Waals surface area contributed by atoms with Crippen molar-refractivity contribution in [3.8, 4) is 34.5 Å². The number of hydrogen-bond donors (Lipinski definition) is 4. The fourth-order valence-electron chi connectivity index (χ4n) is 9.22. The van der Waals surface area contributed by atoms with Crippen LogP contribution in [-0.2, 0) is 44.5 Å².